The Bertz CT molecular complexity index is 2530. The van der Waals surface area contributed by atoms with Crippen LogP contribution in [0.2, 0.25) is 18.1 Å². The van der Waals surface area contributed by atoms with Crippen molar-refractivity contribution in [3.8, 4) is 0 Å². The van der Waals surface area contributed by atoms with E-state index >= 15 is 0 Å². The molecule has 1 saturated heterocycles. The summed E-state index contributed by atoms with van der Waals surface area (Å²) in [5.41, 5.74) is 0.764. The minimum Gasteiger partial charge on any atom is 1.00 e. The van der Waals surface area contributed by atoms with E-state index in [1.807, 2.05) is 5.32 Å². The number of aliphatic carboxylic acids is 6. The van der Waals surface area contributed by atoms with Gasteiger partial charge in [-0.05, 0) is 143 Å². The molecule has 35 nitrogen and oxygen atoms in total. The topological polar surface area (TPSA) is 538 Å². The number of hydrogen-bond donors (Lipinski definition) is 12. The Morgan fingerprint density at radius 3 is 1.09 bits per heavy atom. The molecule has 0 saturated carbocycles. The van der Waals surface area contributed by atoms with Gasteiger partial charge in [0.25, 0.3) is 0 Å². The van der Waals surface area contributed by atoms with Gasteiger partial charge in [-0.15, -0.1) is 0 Å². The molecule has 42 heteroatoms. The Morgan fingerprint density at radius 1 is 0.531 bits per heavy atom. The van der Waals surface area contributed by atoms with Crippen molar-refractivity contribution in [1.29, 1.82) is 0 Å². The molecule has 0 aliphatic carbocycles. The summed E-state index contributed by atoms with van der Waals surface area (Å²) < 4.78 is 43.8. The molecule has 0 aromatic rings. The van der Waals surface area contributed by atoms with Gasteiger partial charge in [0, 0.05) is 8.41 Å². The zero-order chi connectivity index (χ0) is 77.7. The fourth-order valence-electron chi connectivity index (χ4n) is 4.95. The molecule has 1 heterocycles. The molecule has 0 spiro atoms. The smallest absolute Gasteiger partial charge is 1.00 e. The number of carbonyl (C=O) groups excluding carboxylic acids is 8. The molecular formula is C56H102BI3N5NaO30SiV. The zero-order valence-corrected chi connectivity index (χ0v) is 71.0. The van der Waals surface area contributed by atoms with Crippen molar-refractivity contribution >= 4 is 161 Å². The van der Waals surface area contributed by atoms with Gasteiger partial charge in [-0.2, -0.15) is 0 Å². The van der Waals surface area contributed by atoms with Gasteiger partial charge >= 0.3 is 179 Å². The Balaban J connectivity index is -0.000000140. The molecule has 3 radical (unpaired) electrons. The molecule has 0 aromatic carbocycles. The Hall–Kier alpha value is -4.28. The quantitative estimate of drug-likeness (QED) is 0.0259. The minimum atomic E-state index is -2.00. The number of nitrogens with two attached hydrogens (primary N) is 1. The summed E-state index contributed by atoms with van der Waals surface area (Å²) in [7, 11) is -2.00. The number of alkyl carbamates (subject to hydrolysis) is 4. The first-order valence-electron chi connectivity index (χ1n) is 28.5. The standard InChI is InChI=1S/C15H31NO5Si.C10H18O5.C9H15NO6.C9H13NO5.C9H17NO5.C4H7NO4.B.3HI.Na.V.H/c1-14(2,3)21-13(19)16-11(9-12(17)18)10-20-22(7,8)15(4,5)6;1-9(2,3)14-7(11)13-8(12)15-10(4,5)6;1-9(2,3)16-8(15)10-5(7(13)14)4-6(11)12;1-9(2,3)15-8(13)10-5-4-6(11)14-7(5)12;1-9(2,3)15-8(14)10-6(5-11)4-7(12)13;5-2(4(8)9)1-3(6)7;;;;;;;/h11H,9-10H2,1-8H3,(H,16,19)(H,17,18);1-6H3;5H,4H2,1-3H3,(H,10,15)(H,11,12)(H,13,14);5H,4H2,1-3H3,(H,10,13);6,11H,4-5H2,1-3H3,(H,10,14)(H,12,13);2H,1,5H2,(H,6,7)(H,8,9);;3*1H;;;/q;;;;;;;;;;+1;+3;-1/p-3. The van der Waals surface area contributed by atoms with E-state index in [1.54, 1.807) is 125 Å². The van der Waals surface area contributed by atoms with Gasteiger partial charge in [-0.3, -0.25) is 28.8 Å². The number of cyclic esters (lactones) is 2. The van der Waals surface area contributed by atoms with Gasteiger partial charge in [0.2, 0.25) is 0 Å². The number of amides is 4. The second-order valence-corrected chi connectivity index (χ2v) is 67.4. The number of nitrogens with one attached hydrogen (secondary N) is 4. The van der Waals surface area contributed by atoms with Crippen molar-refractivity contribution in [2.75, 3.05) is 13.2 Å². The molecule has 98 heavy (non-hydrogen) atoms. The van der Waals surface area contributed by atoms with Gasteiger partial charge in [0.15, 0.2) is 8.32 Å². The van der Waals surface area contributed by atoms with Gasteiger partial charge in [0.1, 0.15) is 51.7 Å². The number of ether oxygens (including phenoxy) is 8. The fourth-order valence-corrected chi connectivity index (χ4v) is 6.00. The number of halogens is 3. The van der Waals surface area contributed by atoms with Gasteiger partial charge in [-0.25, -0.2) is 38.4 Å². The average molecular weight is 1820 g/mol. The predicted molar refractivity (Wildman–Crippen MR) is 373 cm³/mol. The molecule has 1 aliphatic heterocycles. The summed E-state index contributed by atoms with van der Waals surface area (Å²) in [5, 5.41) is 68.4. The summed E-state index contributed by atoms with van der Waals surface area (Å²) in [6.45, 7) is 40.5. The van der Waals surface area contributed by atoms with Crippen LogP contribution in [0.3, 0.4) is 0 Å². The first-order chi connectivity index (χ1) is 42.5. The molecule has 5 unspecified atom stereocenters. The normalized spacial score (nSPS) is 13.9. The van der Waals surface area contributed by atoms with Crippen molar-refractivity contribution in [1.82, 2.24) is 21.3 Å². The van der Waals surface area contributed by atoms with E-state index < -0.39 is 176 Å². The number of carboxylic acids is 6. The number of esters is 2. The van der Waals surface area contributed by atoms with Gasteiger partial charge in [-0.1, -0.05) is 20.8 Å². The molecule has 0 aromatic heterocycles. The summed E-state index contributed by atoms with van der Waals surface area (Å²) >= 11 is 7.39. The van der Waals surface area contributed by atoms with Crippen LogP contribution in [0.4, 0.5) is 28.8 Å². The summed E-state index contributed by atoms with van der Waals surface area (Å²) in [6.07, 6.45) is -7.08. The molecular weight excluding hydrogens is 1720 g/mol. The number of carbonyl (C=O) groups is 14. The number of carboxylic acid groups (broad SMARTS) is 6. The van der Waals surface area contributed by atoms with Crippen molar-refractivity contribution in [2.24, 2.45) is 5.73 Å². The number of rotatable bonds is 18. The molecule has 1 rings (SSSR count). The molecule has 5 atom stereocenters. The molecule has 1 fully saturated rings. The van der Waals surface area contributed by atoms with E-state index in [4.69, 9.17) is 74.3 Å². The van der Waals surface area contributed by atoms with E-state index in [0.717, 1.165) is 0 Å². The maximum absolute atomic E-state index is 11.8. The van der Waals surface area contributed by atoms with Crippen LogP contribution in [0.15, 0.2) is 0 Å². The SMILES string of the molecule is CC(C)(C)OC(=O)NC(CC(=O)O)C(=O)O.CC(C)(C)OC(=O)NC(CO)CC(=O)O.CC(C)(C)OC(=O)NC(CO[Si](C)(C)C(C)(C)C)CC(=O)O.CC(C)(C)OC(=O)NC1CC(=O)OC1=O.CC(C)(C)OC(=O)OC(=O)OC(C)(C)C.NC(CC(=O)O)C(=O)O.[B].[H-].[I][V]([I])[I].[Na+]. The Kier molecular flexibility index (Phi) is 57.0. The third-order valence-corrected chi connectivity index (χ3v) is 14.0. The molecule has 4 amide bonds. The second kappa shape index (κ2) is 51.0. The maximum Gasteiger partial charge on any atom is 1.00 e. The molecule has 0 bridgehead atoms. The van der Waals surface area contributed by atoms with Crippen molar-refractivity contribution in [2.45, 2.75) is 259 Å². The summed E-state index contributed by atoms with van der Waals surface area (Å²) in [5.74, 6) is -8.70. The molecule has 565 valence electrons. The summed E-state index contributed by atoms with van der Waals surface area (Å²) in [4.78, 5) is 151. The van der Waals surface area contributed by atoms with E-state index in [1.165, 1.54) is 0 Å². The number of aliphatic hydroxyl groups is 1. The third kappa shape index (κ3) is 77.5. The van der Waals surface area contributed by atoms with Gasteiger partial charge in [0.05, 0.1) is 57.4 Å². The number of aliphatic hydroxyl groups excluding tert-OH is 1. The van der Waals surface area contributed by atoms with Crippen molar-refractivity contribution in [3.05, 3.63) is 0 Å². The molecule has 13 N–H and O–H groups in total. The zero-order valence-electron chi connectivity index (χ0n) is 61.1. The van der Waals surface area contributed by atoms with Crippen LogP contribution in [0.1, 0.15) is 179 Å². The van der Waals surface area contributed by atoms with Crippen LogP contribution in [-0.2, 0) is 85.6 Å². The van der Waals surface area contributed by atoms with E-state index in [9.17, 15) is 67.1 Å². The first kappa shape index (κ1) is 110. The maximum atomic E-state index is 11.8. The van der Waals surface area contributed by atoms with E-state index in [-0.39, 0.29) is 75.2 Å². The van der Waals surface area contributed by atoms with E-state index in [2.05, 4.69) is 119 Å². The average Bonchev–Trinajstić information content (AvgIpc) is 1.03. The van der Waals surface area contributed by atoms with Crippen molar-refractivity contribution < 1.29 is 181 Å². The first-order valence-corrected chi connectivity index (χ1v) is 44.9. The minimum absolute atomic E-state index is 0. The Labute approximate surface area is 636 Å². The largest absolute Gasteiger partial charge is 1.00 e. The van der Waals surface area contributed by atoms with Crippen LogP contribution < -0.4 is 56.6 Å². The second-order valence-electron chi connectivity index (χ2n) is 27.2. The Morgan fingerprint density at radius 2 is 0.837 bits per heavy atom. The van der Waals surface area contributed by atoms with Crippen molar-refractivity contribution in [3.63, 3.8) is 0 Å². The number of hydrogen-bond acceptors (Lipinski definition) is 25. The molecule has 1 aliphatic rings. The van der Waals surface area contributed by atoms with Crippen LogP contribution in [-0.4, -0.2) is 214 Å². The van der Waals surface area contributed by atoms with Crippen LogP contribution in [0.5, 0.6) is 0 Å². The monoisotopic (exact) mass is 1820 g/mol. The third-order valence-electron chi connectivity index (χ3n) is 9.54. The fraction of sp³-hybridized carbons (Fsp3) is 0.750. The van der Waals surface area contributed by atoms with E-state index in [0.29, 0.717) is 0 Å². The van der Waals surface area contributed by atoms with Crippen LogP contribution in [0, 0.1) is 0 Å². The summed E-state index contributed by atoms with van der Waals surface area (Å²) in [6, 6.07) is -5.14. The van der Waals surface area contributed by atoms with Crippen LogP contribution in [0.25, 0.3) is 0 Å². The van der Waals surface area contributed by atoms with Crippen LogP contribution >= 0.6 is 59.9 Å². The van der Waals surface area contributed by atoms with Gasteiger partial charge < -0.3 is 106 Å². The predicted octanol–water partition coefficient (Wildman–Crippen LogP) is 5.65.